The molecule has 234 valence electrons. The quantitative estimate of drug-likeness (QED) is 0.160. The first-order chi connectivity index (χ1) is 21.3. The summed E-state index contributed by atoms with van der Waals surface area (Å²) in [7, 11) is 0. The number of benzene rings is 3. The molecule has 45 heavy (non-hydrogen) atoms. The fraction of sp³-hybridized carbons (Fsp3) is 0.273. The van der Waals surface area contributed by atoms with Gasteiger partial charge in [-0.05, 0) is 97.7 Å². The van der Waals surface area contributed by atoms with Gasteiger partial charge in [-0.1, -0.05) is 6.42 Å². The molecule has 5 rings (SSSR count). The summed E-state index contributed by atoms with van der Waals surface area (Å²) in [4.78, 5) is 52.2. The lowest BCUT2D eigenvalue weighted by atomic mass is 9.93. The van der Waals surface area contributed by atoms with Crippen molar-refractivity contribution in [3.05, 3.63) is 121 Å². The van der Waals surface area contributed by atoms with Crippen molar-refractivity contribution in [3.63, 3.8) is 0 Å². The number of carbonyl (C=O) groups excluding carboxylic acids is 2. The zero-order chi connectivity index (χ0) is 31.1. The first-order valence-corrected chi connectivity index (χ1v) is 14.5. The molecular weight excluding hydrogens is 600 g/mol. The molecule has 1 amide bonds. The lowest BCUT2D eigenvalue weighted by Crippen LogP contribution is -2.41. The highest BCUT2D eigenvalue weighted by Gasteiger charge is 2.30. The second kappa shape index (κ2) is 15.2. The number of nitrogens with zero attached hydrogens (tertiary/aromatic N) is 4. The van der Waals surface area contributed by atoms with Crippen LogP contribution in [0.2, 0.25) is 0 Å². The number of ether oxygens (including phenoxy) is 1. The number of non-ortho nitro benzene ring substituents is 2. The number of hydrogen-bond acceptors (Lipinski definition) is 8. The predicted octanol–water partition coefficient (Wildman–Crippen LogP) is 5.98. The molecule has 0 N–H and O–H groups in total. The number of likely N-dealkylation sites (tertiary alicyclic amines) is 2. The van der Waals surface area contributed by atoms with E-state index in [0.29, 0.717) is 40.2 Å². The van der Waals surface area contributed by atoms with Gasteiger partial charge in [-0.2, -0.15) is 0 Å². The van der Waals surface area contributed by atoms with Crippen molar-refractivity contribution in [2.24, 2.45) is 0 Å². The van der Waals surface area contributed by atoms with Crippen LogP contribution in [-0.4, -0.2) is 70.7 Å². The maximum absolute atomic E-state index is 13.6. The molecule has 0 spiro atoms. The number of nitro benzene ring substituents is 2. The van der Waals surface area contributed by atoms with Gasteiger partial charge in [0, 0.05) is 47.5 Å². The van der Waals surface area contributed by atoms with Gasteiger partial charge >= 0.3 is 0 Å². The molecule has 2 aliphatic heterocycles. The molecule has 0 radical (unpaired) electrons. The molecule has 0 aromatic heterocycles. The summed E-state index contributed by atoms with van der Waals surface area (Å²) in [6, 6.07) is 18.5. The molecule has 2 heterocycles. The first-order valence-electron chi connectivity index (χ1n) is 14.5. The number of Topliss-reactive ketones (excluding diaryl/α,β-unsaturated/α-hetero) is 1. The Morgan fingerprint density at radius 2 is 1.24 bits per heavy atom. The van der Waals surface area contributed by atoms with Crippen molar-refractivity contribution in [1.29, 1.82) is 0 Å². The number of hydrogen-bond donors (Lipinski definition) is 0. The molecule has 0 atom stereocenters. The first kappa shape index (κ1) is 33.0. The van der Waals surface area contributed by atoms with Crippen LogP contribution in [0.15, 0.2) is 83.9 Å². The molecule has 2 aliphatic rings. The Balaban J connectivity index is 0.00000461. The number of carbonyl (C=O) groups is 2. The van der Waals surface area contributed by atoms with Crippen molar-refractivity contribution in [2.75, 3.05) is 39.3 Å². The van der Waals surface area contributed by atoms with E-state index in [9.17, 15) is 29.8 Å². The van der Waals surface area contributed by atoms with Crippen LogP contribution in [-0.2, 0) is 4.79 Å². The Hall–Kier alpha value is -4.87. The van der Waals surface area contributed by atoms with Crippen molar-refractivity contribution in [3.8, 4) is 5.75 Å². The average Bonchev–Trinajstić information content (AvgIpc) is 3.04. The topological polar surface area (TPSA) is 136 Å². The van der Waals surface area contributed by atoms with E-state index in [1.165, 1.54) is 43.5 Å². The third-order valence-electron chi connectivity index (χ3n) is 7.71. The zero-order valence-corrected chi connectivity index (χ0v) is 25.3. The van der Waals surface area contributed by atoms with Crippen LogP contribution in [0.1, 0.15) is 40.7 Å². The normalized spacial score (nSPS) is 17.2. The molecule has 0 unspecified atom stereocenters. The fourth-order valence-electron chi connectivity index (χ4n) is 5.32. The number of ketones is 1. The Labute approximate surface area is 266 Å². The summed E-state index contributed by atoms with van der Waals surface area (Å²) >= 11 is 0. The summed E-state index contributed by atoms with van der Waals surface area (Å²) in [5.41, 5.74) is 2.12. The Bertz CT molecular complexity index is 1520. The monoisotopic (exact) mass is 632 g/mol. The molecule has 0 aliphatic carbocycles. The highest BCUT2D eigenvalue weighted by molar-refractivity contribution is 6.16. The van der Waals surface area contributed by atoms with Crippen LogP contribution in [0.5, 0.6) is 5.75 Å². The second-order valence-corrected chi connectivity index (χ2v) is 10.8. The fourth-order valence-corrected chi connectivity index (χ4v) is 5.32. The standard InChI is InChI=1S/C33H32N4O7.ClH/c38-32-27(20-24-4-10-29(11-5-24)36(40)41)22-35(23-28(32)21-25-6-12-30(13-7-25)37(42)43)33(39)26-8-14-31(15-9-26)44-19-18-34-16-2-1-3-17-34;/h4-15,20-21H,1-3,16-19,22-23H2;1H/b27-20-,28-21+;. The van der Waals surface area contributed by atoms with E-state index in [-0.39, 0.29) is 48.6 Å². The van der Waals surface area contributed by atoms with E-state index in [2.05, 4.69) is 4.90 Å². The minimum atomic E-state index is -0.501. The third kappa shape index (κ3) is 8.62. The average molecular weight is 633 g/mol. The van der Waals surface area contributed by atoms with Crippen molar-refractivity contribution < 1.29 is 24.2 Å². The second-order valence-electron chi connectivity index (χ2n) is 10.8. The minimum absolute atomic E-state index is 0. The maximum Gasteiger partial charge on any atom is 0.269 e. The Kier molecular flexibility index (Phi) is 11.2. The summed E-state index contributed by atoms with van der Waals surface area (Å²) in [6.07, 6.45) is 6.95. The van der Waals surface area contributed by atoms with Crippen LogP contribution >= 0.6 is 12.4 Å². The largest absolute Gasteiger partial charge is 0.492 e. The molecular formula is C33H33ClN4O7. The van der Waals surface area contributed by atoms with Gasteiger partial charge in [0.25, 0.3) is 17.3 Å². The third-order valence-corrected chi connectivity index (χ3v) is 7.71. The smallest absolute Gasteiger partial charge is 0.269 e. The molecule has 11 nitrogen and oxygen atoms in total. The van der Waals surface area contributed by atoms with Crippen molar-refractivity contribution in [2.45, 2.75) is 19.3 Å². The summed E-state index contributed by atoms with van der Waals surface area (Å²) in [5.74, 6) is 0.120. The molecule has 2 fully saturated rings. The molecule has 3 aromatic rings. The molecule has 2 saturated heterocycles. The van der Waals surface area contributed by atoms with Crippen LogP contribution in [0.4, 0.5) is 11.4 Å². The van der Waals surface area contributed by atoms with E-state index in [1.807, 2.05) is 0 Å². The van der Waals surface area contributed by atoms with E-state index in [0.717, 1.165) is 19.6 Å². The van der Waals surface area contributed by atoms with Crippen molar-refractivity contribution >= 4 is 47.6 Å². The van der Waals surface area contributed by atoms with Gasteiger partial charge in [0.15, 0.2) is 5.78 Å². The predicted molar refractivity (Wildman–Crippen MR) is 173 cm³/mol. The summed E-state index contributed by atoms with van der Waals surface area (Å²) in [5, 5.41) is 22.1. The van der Waals surface area contributed by atoms with Crippen LogP contribution in [0, 0.1) is 20.2 Å². The molecule has 0 bridgehead atoms. The van der Waals surface area contributed by atoms with E-state index in [4.69, 9.17) is 4.74 Å². The van der Waals surface area contributed by atoms with Crippen LogP contribution in [0.3, 0.4) is 0 Å². The number of piperidine rings is 2. The van der Waals surface area contributed by atoms with Gasteiger partial charge in [-0.3, -0.25) is 34.7 Å². The Morgan fingerprint density at radius 1 is 0.756 bits per heavy atom. The van der Waals surface area contributed by atoms with E-state index in [1.54, 1.807) is 65.6 Å². The van der Waals surface area contributed by atoms with Gasteiger partial charge in [-0.25, -0.2) is 0 Å². The van der Waals surface area contributed by atoms with Gasteiger partial charge in [0.1, 0.15) is 12.4 Å². The van der Waals surface area contributed by atoms with Gasteiger partial charge in [-0.15, -0.1) is 12.4 Å². The number of amides is 1. The van der Waals surface area contributed by atoms with Gasteiger partial charge in [0.05, 0.1) is 22.9 Å². The summed E-state index contributed by atoms with van der Waals surface area (Å²) < 4.78 is 5.90. The highest BCUT2D eigenvalue weighted by Crippen LogP contribution is 2.26. The summed E-state index contributed by atoms with van der Waals surface area (Å²) in [6.45, 7) is 3.69. The van der Waals surface area contributed by atoms with E-state index < -0.39 is 9.85 Å². The Morgan fingerprint density at radius 3 is 1.71 bits per heavy atom. The highest BCUT2D eigenvalue weighted by atomic mass is 35.5. The number of halogens is 1. The van der Waals surface area contributed by atoms with Crippen LogP contribution in [0.25, 0.3) is 12.2 Å². The molecule has 12 heteroatoms. The maximum atomic E-state index is 13.6. The minimum Gasteiger partial charge on any atom is -0.492 e. The van der Waals surface area contributed by atoms with Crippen LogP contribution < -0.4 is 4.74 Å². The van der Waals surface area contributed by atoms with Crippen molar-refractivity contribution in [1.82, 2.24) is 9.80 Å². The van der Waals surface area contributed by atoms with Gasteiger partial charge in [0.2, 0.25) is 0 Å². The molecule has 0 saturated carbocycles. The van der Waals surface area contributed by atoms with Gasteiger partial charge < -0.3 is 9.64 Å². The number of nitro groups is 2. The SMILES string of the molecule is Cl.O=C1/C(=C\c2ccc([N+](=O)[O-])cc2)CN(C(=O)c2ccc(OCCN3CCCCC3)cc2)C/C1=C\c1ccc([N+](=O)[O-])cc1. The lowest BCUT2D eigenvalue weighted by molar-refractivity contribution is -0.385. The zero-order valence-electron chi connectivity index (χ0n) is 24.5. The molecule has 3 aromatic carbocycles. The van der Waals surface area contributed by atoms with E-state index >= 15 is 0 Å². The lowest BCUT2D eigenvalue weighted by Gasteiger charge is -2.30. The number of rotatable bonds is 9.